The summed E-state index contributed by atoms with van der Waals surface area (Å²) in [6.07, 6.45) is 2.08. The number of para-hydroxylation sites is 1. The predicted octanol–water partition coefficient (Wildman–Crippen LogP) is 7.18. The van der Waals surface area contributed by atoms with Crippen molar-refractivity contribution in [2.75, 3.05) is 0 Å². The van der Waals surface area contributed by atoms with Gasteiger partial charge in [0.15, 0.2) is 6.20 Å². The molecule has 5 rings (SSSR count). The van der Waals surface area contributed by atoms with E-state index in [0.29, 0.717) is 5.92 Å². The first-order valence-electron chi connectivity index (χ1n) is 10.5. The minimum atomic E-state index is 0.526. The second-order valence-corrected chi connectivity index (χ2v) is 8.39. The van der Waals surface area contributed by atoms with E-state index < -0.39 is 0 Å². The Morgan fingerprint density at radius 1 is 0.767 bits per heavy atom. The fourth-order valence-corrected chi connectivity index (χ4v) is 4.34. The molecule has 2 aromatic heterocycles. The monoisotopic (exact) mass is 392 g/mol. The van der Waals surface area contributed by atoms with Crippen LogP contribution in [-0.2, 0) is 7.05 Å². The number of aryl methyl sites for hydroxylation is 2. The van der Waals surface area contributed by atoms with Gasteiger partial charge in [-0.3, -0.25) is 0 Å². The van der Waals surface area contributed by atoms with Gasteiger partial charge in [-0.15, -0.1) is 0 Å². The van der Waals surface area contributed by atoms with Gasteiger partial charge in [-0.05, 0) is 35.6 Å². The summed E-state index contributed by atoms with van der Waals surface area (Å²) in [7, 11) is 2.08. The average molecular weight is 393 g/mol. The smallest absolute Gasteiger partial charge is 0.216 e. The lowest BCUT2D eigenvalue weighted by atomic mass is 9.97. The minimum Gasteiger partial charge on any atom is -0.454 e. The number of benzene rings is 3. The maximum absolute atomic E-state index is 6.62. The van der Waals surface area contributed by atoms with Crippen LogP contribution in [0.1, 0.15) is 30.9 Å². The SMILES string of the molecule is Cc1ccc2c(oc3c(-c4ccc(C(C)C)cc4)cccc32)c1-c1cccc[n+]1C. The van der Waals surface area contributed by atoms with Crippen LogP contribution in [0.15, 0.2) is 83.4 Å². The number of furan rings is 1. The van der Waals surface area contributed by atoms with E-state index in [4.69, 9.17) is 4.42 Å². The number of aromatic nitrogens is 1. The lowest BCUT2D eigenvalue weighted by Gasteiger charge is -2.07. The van der Waals surface area contributed by atoms with E-state index >= 15 is 0 Å². The normalized spacial score (nSPS) is 11.6. The highest BCUT2D eigenvalue weighted by molar-refractivity contribution is 6.13. The molecule has 148 valence electrons. The lowest BCUT2D eigenvalue weighted by Crippen LogP contribution is -2.30. The van der Waals surface area contributed by atoms with Crippen molar-refractivity contribution in [3.63, 3.8) is 0 Å². The van der Waals surface area contributed by atoms with E-state index in [-0.39, 0.29) is 0 Å². The molecule has 0 radical (unpaired) electrons. The van der Waals surface area contributed by atoms with Gasteiger partial charge in [-0.1, -0.05) is 68.4 Å². The molecule has 30 heavy (non-hydrogen) atoms. The van der Waals surface area contributed by atoms with Crippen LogP contribution in [0.2, 0.25) is 0 Å². The fourth-order valence-electron chi connectivity index (χ4n) is 4.34. The van der Waals surface area contributed by atoms with E-state index in [1.54, 1.807) is 0 Å². The third kappa shape index (κ3) is 2.91. The Hall–Kier alpha value is -3.39. The zero-order valence-electron chi connectivity index (χ0n) is 17.9. The first-order chi connectivity index (χ1) is 14.5. The second kappa shape index (κ2) is 7.14. The third-order valence-electron chi connectivity index (χ3n) is 6.07. The molecular weight excluding hydrogens is 366 g/mol. The van der Waals surface area contributed by atoms with Gasteiger partial charge in [0.1, 0.15) is 18.2 Å². The summed E-state index contributed by atoms with van der Waals surface area (Å²) in [6.45, 7) is 6.60. The van der Waals surface area contributed by atoms with Crippen molar-refractivity contribution in [3.05, 3.63) is 90.1 Å². The Morgan fingerprint density at radius 3 is 2.27 bits per heavy atom. The topological polar surface area (TPSA) is 17.0 Å². The number of pyridine rings is 1. The third-order valence-corrected chi connectivity index (χ3v) is 6.07. The molecule has 0 unspecified atom stereocenters. The zero-order valence-corrected chi connectivity index (χ0v) is 17.9. The molecule has 0 fully saturated rings. The first kappa shape index (κ1) is 18.6. The van der Waals surface area contributed by atoms with Gasteiger partial charge >= 0.3 is 0 Å². The lowest BCUT2D eigenvalue weighted by molar-refractivity contribution is -0.660. The molecule has 5 aromatic rings. The Morgan fingerprint density at radius 2 is 1.53 bits per heavy atom. The molecule has 0 atom stereocenters. The zero-order chi connectivity index (χ0) is 20.8. The van der Waals surface area contributed by atoms with Gasteiger partial charge in [0, 0.05) is 28.5 Å². The van der Waals surface area contributed by atoms with Gasteiger partial charge in [0.25, 0.3) is 0 Å². The van der Waals surface area contributed by atoms with E-state index in [2.05, 4.69) is 111 Å². The van der Waals surface area contributed by atoms with Crippen molar-refractivity contribution in [2.24, 2.45) is 7.05 Å². The van der Waals surface area contributed by atoms with E-state index in [9.17, 15) is 0 Å². The second-order valence-electron chi connectivity index (χ2n) is 8.39. The molecule has 0 N–H and O–H groups in total. The fraction of sp³-hybridized carbons (Fsp3) is 0.179. The highest BCUT2D eigenvalue weighted by Gasteiger charge is 2.21. The van der Waals surface area contributed by atoms with Crippen LogP contribution < -0.4 is 4.57 Å². The van der Waals surface area contributed by atoms with Crippen LogP contribution in [0.25, 0.3) is 44.3 Å². The molecule has 3 aromatic carbocycles. The predicted molar refractivity (Wildman–Crippen MR) is 125 cm³/mol. The largest absolute Gasteiger partial charge is 0.454 e. The Kier molecular flexibility index (Phi) is 4.43. The Balaban J connectivity index is 1.79. The summed E-state index contributed by atoms with van der Waals surface area (Å²) in [5.41, 5.74) is 9.12. The van der Waals surface area contributed by atoms with Gasteiger partial charge < -0.3 is 4.42 Å². The van der Waals surface area contributed by atoms with Crippen molar-refractivity contribution in [1.82, 2.24) is 0 Å². The molecule has 2 heteroatoms. The molecule has 0 saturated carbocycles. The molecule has 0 bridgehead atoms. The quantitative estimate of drug-likeness (QED) is 0.297. The number of nitrogens with zero attached hydrogens (tertiary/aromatic N) is 1. The Labute approximate surface area is 177 Å². The highest BCUT2D eigenvalue weighted by atomic mass is 16.3. The standard InChI is InChI=1S/C28H26NO/c1-18(2)20-12-14-21(15-13-20)22-8-7-9-23-24-16-11-19(3)26(28(24)30-27(22)23)25-10-5-6-17-29(25)4/h5-18H,1-4H3/q+1. The summed E-state index contributed by atoms with van der Waals surface area (Å²) in [5.74, 6) is 0.526. The minimum absolute atomic E-state index is 0.526. The number of fused-ring (bicyclic) bond motifs is 3. The number of rotatable bonds is 3. The molecule has 2 nitrogen and oxygen atoms in total. The van der Waals surface area contributed by atoms with Gasteiger partial charge in [0.05, 0.1) is 5.56 Å². The summed E-state index contributed by atoms with van der Waals surface area (Å²) >= 11 is 0. The summed E-state index contributed by atoms with van der Waals surface area (Å²) in [5, 5.41) is 2.32. The first-order valence-corrected chi connectivity index (χ1v) is 10.5. The van der Waals surface area contributed by atoms with Gasteiger partial charge in [-0.2, -0.15) is 0 Å². The molecule has 0 spiro atoms. The van der Waals surface area contributed by atoms with Crippen LogP contribution >= 0.6 is 0 Å². The number of hydrogen-bond donors (Lipinski definition) is 0. The summed E-state index contributed by atoms with van der Waals surface area (Å²) in [4.78, 5) is 0. The van der Waals surface area contributed by atoms with Crippen LogP contribution in [0.4, 0.5) is 0 Å². The summed E-state index contributed by atoms with van der Waals surface area (Å²) in [6, 6.07) is 26.0. The maximum Gasteiger partial charge on any atom is 0.216 e. The molecule has 0 saturated heterocycles. The van der Waals surface area contributed by atoms with Crippen LogP contribution in [0.3, 0.4) is 0 Å². The van der Waals surface area contributed by atoms with Gasteiger partial charge in [-0.25, -0.2) is 4.57 Å². The molecule has 0 aliphatic rings. The van der Waals surface area contributed by atoms with Crippen molar-refractivity contribution in [2.45, 2.75) is 26.7 Å². The Bertz CT molecular complexity index is 1370. The van der Waals surface area contributed by atoms with E-state index in [0.717, 1.165) is 38.8 Å². The molecule has 0 aliphatic heterocycles. The van der Waals surface area contributed by atoms with Crippen molar-refractivity contribution in [3.8, 4) is 22.4 Å². The van der Waals surface area contributed by atoms with E-state index in [1.807, 2.05) is 0 Å². The average Bonchev–Trinajstić information content (AvgIpc) is 3.13. The molecule has 2 heterocycles. The van der Waals surface area contributed by atoms with Crippen molar-refractivity contribution < 1.29 is 8.98 Å². The van der Waals surface area contributed by atoms with Crippen LogP contribution in [0, 0.1) is 6.92 Å². The van der Waals surface area contributed by atoms with Gasteiger partial charge in [0.2, 0.25) is 5.69 Å². The van der Waals surface area contributed by atoms with Crippen molar-refractivity contribution >= 4 is 21.9 Å². The summed E-state index contributed by atoms with van der Waals surface area (Å²) < 4.78 is 8.78. The number of hydrogen-bond acceptors (Lipinski definition) is 1. The molecule has 0 amide bonds. The molecule has 0 aliphatic carbocycles. The van der Waals surface area contributed by atoms with E-state index in [1.165, 1.54) is 16.7 Å². The van der Waals surface area contributed by atoms with Crippen molar-refractivity contribution in [1.29, 1.82) is 0 Å². The van der Waals surface area contributed by atoms with Crippen LogP contribution in [-0.4, -0.2) is 0 Å². The molecular formula is C28H26NO+. The van der Waals surface area contributed by atoms with Crippen LogP contribution in [0.5, 0.6) is 0 Å². The maximum atomic E-state index is 6.62. The highest BCUT2D eigenvalue weighted by Crippen LogP contribution is 2.40.